The normalized spacial score (nSPS) is 24.9. The number of hydrogen-bond acceptors (Lipinski definition) is 3. The molecule has 0 aliphatic carbocycles. The van der Waals surface area contributed by atoms with Crippen LogP contribution in [0, 0.1) is 5.92 Å². The van der Waals surface area contributed by atoms with Gasteiger partial charge in [-0.2, -0.15) is 0 Å². The summed E-state index contributed by atoms with van der Waals surface area (Å²) in [7, 11) is 1.70. The molecule has 1 amide bonds. The van der Waals surface area contributed by atoms with Crippen molar-refractivity contribution in [2.75, 3.05) is 25.9 Å². The molecule has 2 unspecified atom stereocenters. The van der Waals surface area contributed by atoms with E-state index in [1.165, 1.54) is 0 Å². The monoisotopic (exact) mass is 237 g/mol. The van der Waals surface area contributed by atoms with Crippen LogP contribution < -0.4 is 5.73 Å². The SMILES string of the molecule is COC1CN(C(=O)c2cc(N)c[nH]2)CCC1C. The van der Waals surface area contributed by atoms with E-state index in [0.29, 0.717) is 23.8 Å². The molecule has 2 atom stereocenters. The first-order chi connectivity index (χ1) is 8.11. The zero-order valence-corrected chi connectivity index (χ0v) is 10.3. The van der Waals surface area contributed by atoms with Gasteiger partial charge in [-0.25, -0.2) is 0 Å². The highest BCUT2D eigenvalue weighted by Gasteiger charge is 2.29. The Balaban J connectivity index is 2.05. The molecule has 0 bridgehead atoms. The number of hydrogen-bond donors (Lipinski definition) is 2. The second-order valence-corrected chi connectivity index (χ2v) is 4.64. The molecule has 1 aliphatic rings. The Labute approximate surface area is 101 Å². The second kappa shape index (κ2) is 4.79. The molecule has 0 radical (unpaired) electrons. The van der Waals surface area contributed by atoms with Crippen molar-refractivity contribution in [3.05, 3.63) is 18.0 Å². The Morgan fingerprint density at radius 1 is 1.65 bits per heavy atom. The number of nitrogens with zero attached hydrogens (tertiary/aromatic N) is 1. The van der Waals surface area contributed by atoms with Crippen LogP contribution in [-0.2, 0) is 4.74 Å². The number of nitrogens with one attached hydrogen (secondary N) is 1. The summed E-state index contributed by atoms with van der Waals surface area (Å²) in [6.45, 7) is 3.58. The fraction of sp³-hybridized carbons (Fsp3) is 0.583. The quantitative estimate of drug-likeness (QED) is 0.809. The van der Waals surface area contributed by atoms with Crippen LogP contribution in [0.5, 0.6) is 0 Å². The molecule has 2 heterocycles. The molecule has 5 heteroatoms. The summed E-state index contributed by atoms with van der Waals surface area (Å²) in [5.41, 5.74) is 6.73. The summed E-state index contributed by atoms with van der Waals surface area (Å²) in [4.78, 5) is 16.9. The van der Waals surface area contributed by atoms with Crippen LogP contribution in [-0.4, -0.2) is 42.1 Å². The lowest BCUT2D eigenvalue weighted by Crippen LogP contribution is -2.46. The molecule has 1 saturated heterocycles. The van der Waals surface area contributed by atoms with Crippen LogP contribution in [0.1, 0.15) is 23.8 Å². The highest BCUT2D eigenvalue weighted by Crippen LogP contribution is 2.21. The summed E-state index contributed by atoms with van der Waals surface area (Å²) in [5.74, 6) is 0.494. The molecule has 5 nitrogen and oxygen atoms in total. The minimum Gasteiger partial charge on any atom is -0.397 e. The van der Waals surface area contributed by atoms with Gasteiger partial charge < -0.3 is 20.4 Å². The number of aromatic amines is 1. The number of piperidine rings is 1. The molecule has 1 aliphatic heterocycles. The first kappa shape index (κ1) is 12.0. The maximum absolute atomic E-state index is 12.2. The molecule has 0 saturated carbocycles. The second-order valence-electron chi connectivity index (χ2n) is 4.64. The number of H-pyrrole nitrogens is 1. The summed E-state index contributed by atoms with van der Waals surface area (Å²) < 4.78 is 5.40. The minimum absolute atomic E-state index is 0.00403. The smallest absolute Gasteiger partial charge is 0.270 e. The molecule has 94 valence electrons. The van der Waals surface area contributed by atoms with Gasteiger partial charge in [-0.3, -0.25) is 4.79 Å². The van der Waals surface area contributed by atoms with Gasteiger partial charge >= 0.3 is 0 Å². The van der Waals surface area contributed by atoms with E-state index >= 15 is 0 Å². The Bertz CT molecular complexity index is 402. The highest BCUT2D eigenvalue weighted by atomic mass is 16.5. The highest BCUT2D eigenvalue weighted by molar-refractivity contribution is 5.93. The van der Waals surface area contributed by atoms with E-state index in [9.17, 15) is 4.79 Å². The van der Waals surface area contributed by atoms with E-state index in [2.05, 4.69) is 11.9 Å². The third-order valence-corrected chi connectivity index (χ3v) is 3.42. The van der Waals surface area contributed by atoms with Gasteiger partial charge in [0.2, 0.25) is 0 Å². The van der Waals surface area contributed by atoms with E-state index in [-0.39, 0.29) is 12.0 Å². The van der Waals surface area contributed by atoms with Gasteiger partial charge in [0.25, 0.3) is 5.91 Å². The molecule has 1 aromatic rings. The number of ether oxygens (including phenoxy) is 1. The van der Waals surface area contributed by atoms with Crippen LogP contribution >= 0.6 is 0 Å². The average Bonchev–Trinajstić information content (AvgIpc) is 2.75. The van der Waals surface area contributed by atoms with E-state index in [1.54, 1.807) is 19.4 Å². The van der Waals surface area contributed by atoms with Crippen molar-refractivity contribution in [2.45, 2.75) is 19.4 Å². The Hall–Kier alpha value is -1.49. The first-order valence-corrected chi connectivity index (χ1v) is 5.87. The van der Waals surface area contributed by atoms with Crippen molar-refractivity contribution in [2.24, 2.45) is 5.92 Å². The molecule has 2 rings (SSSR count). The number of carbonyl (C=O) groups is 1. The Morgan fingerprint density at radius 3 is 3.00 bits per heavy atom. The van der Waals surface area contributed by atoms with Gasteiger partial charge in [0.15, 0.2) is 0 Å². The van der Waals surface area contributed by atoms with Crippen molar-refractivity contribution in [3.8, 4) is 0 Å². The summed E-state index contributed by atoms with van der Waals surface area (Å²) in [5, 5.41) is 0. The number of rotatable bonds is 2. The fourth-order valence-corrected chi connectivity index (χ4v) is 2.23. The number of methoxy groups -OCH3 is 1. The lowest BCUT2D eigenvalue weighted by molar-refractivity contribution is -0.00174. The van der Waals surface area contributed by atoms with Gasteiger partial charge in [0.05, 0.1) is 6.10 Å². The Morgan fingerprint density at radius 2 is 2.41 bits per heavy atom. The topological polar surface area (TPSA) is 71.3 Å². The van der Waals surface area contributed by atoms with Crippen LogP contribution in [0.25, 0.3) is 0 Å². The van der Waals surface area contributed by atoms with Crippen LogP contribution in [0.15, 0.2) is 12.3 Å². The van der Waals surface area contributed by atoms with E-state index in [0.717, 1.165) is 13.0 Å². The number of amides is 1. The van der Waals surface area contributed by atoms with E-state index < -0.39 is 0 Å². The van der Waals surface area contributed by atoms with Gasteiger partial charge in [0, 0.05) is 32.1 Å². The number of aromatic nitrogens is 1. The lowest BCUT2D eigenvalue weighted by Gasteiger charge is -2.35. The standard InChI is InChI=1S/C12H19N3O2/c1-8-3-4-15(7-11(8)17-2)12(16)10-5-9(13)6-14-10/h5-6,8,11,14H,3-4,7,13H2,1-2H3. The van der Waals surface area contributed by atoms with Crippen LogP contribution in [0.2, 0.25) is 0 Å². The predicted octanol–water partition coefficient (Wildman–Crippen LogP) is 1.09. The average molecular weight is 237 g/mol. The maximum Gasteiger partial charge on any atom is 0.270 e. The minimum atomic E-state index is -0.00403. The van der Waals surface area contributed by atoms with Gasteiger partial charge in [-0.05, 0) is 18.4 Å². The summed E-state index contributed by atoms with van der Waals surface area (Å²) in [6, 6.07) is 1.67. The molecular weight excluding hydrogens is 218 g/mol. The van der Waals surface area contributed by atoms with Gasteiger partial charge in [0.1, 0.15) is 5.69 Å². The Kier molecular flexibility index (Phi) is 3.38. The van der Waals surface area contributed by atoms with Crippen LogP contribution in [0.4, 0.5) is 5.69 Å². The zero-order valence-electron chi connectivity index (χ0n) is 10.3. The molecule has 17 heavy (non-hydrogen) atoms. The third kappa shape index (κ3) is 2.44. The molecule has 1 fully saturated rings. The predicted molar refractivity (Wildman–Crippen MR) is 65.7 cm³/mol. The largest absolute Gasteiger partial charge is 0.397 e. The van der Waals surface area contributed by atoms with E-state index in [4.69, 9.17) is 10.5 Å². The number of nitrogen functional groups attached to an aromatic ring is 1. The third-order valence-electron chi connectivity index (χ3n) is 3.42. The maximum atomic E-state index is 12.2. The molecule has 3 N–H and O–H groups in total. The van der Waals surface area contributed by atoms with Crippen molar-refractivity contribution in [3.63, 3.8) is 0 Å². The molecule has 0 spiro atoms. The van der Waals surface area contributed by atoms with E-state index in [1.807, 2.05) is 4.90 Å². The van der Waals surface area contributed by atoms with Crippen molar-refractivity contribution < 1.29 is 9.53 Å². The van der Waals surface area contributed by atoms with Crippen molar-refractivity contribution in [1.29, 1.82) is 0 Å². The molecular formula is C12H19N3O2. The van der Waals surface area contributed by atoms with Crippen molar-refractivity contribution in [1.82, 2.24) is 9.88 Å². The zero-order chi connectivity index (χ0) is 12.4. The first-order valence-electron chi connectivity index (χ1n) is 5.87. The van der Waals surface area contributed by atoms with Crippen molar-refractivity contribution >= 4 is 11.6 Å². The fourth-order valence-electron chi connectivity index (χ4n) is 2.23. The van der Waals surface area contributed by atoms with Gasteiger partial charge in [-0.15, -0.1) is 0 Å². The number of nitrogens with two attached hydrogens (primary N) is 1. The lowest BCUT2D eigenvalue weighted by atomic mass is 9.95. The summed E-state index contributed by atoms with van der Waals surface area (Å²) >= 11 is 0. The van der Waals surface area contributed by atoms with Gasteiger partial charge in [-0.1, -0.05) is 6.92 Å². The number of anilines is 1. The number of likely N-dealkylation sites (tertiary alicyclic amines) is 1. The molecule has 0 aromatic carbocycles. The molecule has 1 aromatic heterocycles. The number of carbonyl (C=O) groups excluding carboxylic acids is 1. The summed E-state index contributed by atoms with van der Waals surface area (Å²) in [6.07, 6.45) is 2.73. The van der Waals surface area contributed by atoms with Crippen LogP contribution in [0.3, 0.4) is 0 Å².